The second kappa shape index (κ2) is 9.30. The molecule has 0 unspecified atom stereocenters. The Morgan fingerprint density at radius 1 is 1.39 bits per heavy atom. The maximum Gasteiger partial charge on any atom is 0.309 e. The predicted octanol–water partition coefficient (Wildman–Crippen LogP) is 0.660. The Balaban J connectivity index is 2.21. The van der Waals surface area contributed by atoms with Crippen LogP contribution >= 0.6 is 0 Å². The van der Waals surface area contributed by atoms with Crippen LogP contribution in [0.4, 0.5) is 0 Å². The van der Waals surface area contributed by atoms with Gasteiger partial charge in [0.25, 0.3) is 0 Å². The summed E-state index contributed by atoms with van der Waals surface area (Å²) < 4.78 is 10.3. The van der Waals surface area contributed by atoms with Gasteiger partial charge in [0.1, 0.15) is 0 Å². The number of carbonyl (C=O) groups excluding carboxylic acids is 1. The van der Waals surface area contributed by atoms with E-state index in [1.165, 1.54) is 0 Å². The van der Waals surface area contributed by atoms with Crippen LogP contribution in [0, 0.1) is 5.92 Å². The van der Waals surface area contributed by atoms with Gasteiger partial charge in [0, 0.05) is 19.7 Å². The molecule has 1 rings (SSSR count). The van der Waals surface area contributed by atoms with E-state index in [4.69, 9.17) is 14.6 Å². The number of nitrogens with zero attached hydrogens (tertiary/aromatic N) is 1. The highest BCUT2D eigenvalue weighted by atomic mass is 16.5. The van der Waals surface area contributed by atoms with Gasteiger partial charge in [-0.2, -0.15) is 0 Å². The molecule has 5 heteroatoms. The first-order chi connectivity index (χ1) is 8.77. The van der Waals surface area contributed by atoms with Crippen molar-refractivity contribution in [2.75, 3.05) is 46.1 Å². The van der Waals surface area contributed by atoms with Crippen molar-refractivity contribution in [2.24, 2.45) is 5.92 Å². The van der Waals surface area contributed by atoms with Crippen molar-refractivity contribution in [1.29, 1.82) is 0 Å². The van der Waals surface area contributed by atoms with E-state index in [1.54, 1.807) is 0 Å². The molecule has 0 saturated carbocycles. The largest absolute Gasteiger partial charge is 0.466 e. The SMILES string of the molecule is CCOC(=O)[C@@H](CCO)CCCN1CCOCC1. The van der Waals surface area contributed by atoms with Crippen LogP contribution in [0.15, 0.2) is 0 Å². The first kappa shape index (κ1) is 15.4. The molecule has 1 saturated heterocycles. The lowest BCUT2D eigenvalue weighted by Gasteiger charge is -2.27. The van der Waals surface area contributed by atoms with Gasteiger partial charge in [-0.05, 0) is 32.7 Å². The first-order valence-electron chi connectivity index (χ1n) is 6.85. The fourth-order valence-electron chi connectivity index (χ4n) is 2.18. The monoisotopic (exact) mass is 259 g/mol. The fourth-order valence-corrected chi connectivity index (χ4v) is 2.18. The Kier molecular flexibility index (Phi) is 7.96. The molecular formula is C13H25NO4. The van der Waals surface area contributed by atoms with E-state index in [-0.39, 0.29) is 18.5 Å². The first-order valence-corrected chi connectivity index (χ1v) is 6.85. The van der Waals surface area contributed by atoms with Crippen molar-refractivity contribution < 1.29 is 19.4 Å². The van der Waals surface area contributed by atoms with Crippen LogP contribution in [-0.2, 0) is 14.3 Å². The van der Waals surface area contributed by atoms with E-state index in [9.17, 15) is 4.79 Å². The second-order valence-electron chi connectivity index (χ2n) is 4.56. The summed E-state index contributed by atoms with van der Waals surface area (Å²) in [4.78, 5) is 14.0. The average Bonchev–Trinajstić information content (AvgIpc) is 2.39. The summed E-state index contributed by atoms with van der Waals surface area (Å²) in [5, 5.41) is 8.97. The predicted molar refractivity (Wildman–Crippen MR) is 68.3 cm³/mol. The van der Waals surface area contributed by atoms with Gasteiger partial charge in [0.15, 0.2) is 0 Å². The number of rotatable bonds is 8. The van der Waals surface area contributed by atoms with E-state index >= 15 is 0 Å². The van der Waals surface area contributed by atoms with Gasteiger partial charge >= 0.3 is 5.97 Å². The van der Waals surface area contributed by atoms with Crippen molar-refractivity contribution in [3.05, 3.63) is 0 Å². The van der Waals surface area contributed by atoms with Crippen LogP contribution in [0.5, 0.6) is 0 Å². The van der Waals surface area contributed by atoms with E-state index in [0.29, 0.717) is 13.0 Å². The highest BCUT2D eigenvalue weighted by Gasteiger charge is 2.19. The summed E-state index contributed by atoms with van der Waals surface area (Å²) in [6.45, 7) is 6.81. The lowest BCUT2D eigenvalue weighted by molar-refractivity contribution is -0.148. The number of aliphatic hydroxyl groups is 1. The summed E-state index contributed by atoms with van der Waals surface area (Å²) >= 11 is 0. The Morgan fingerprint density at radius 3 is 2.72 bits per heavy atom. The van der Waals surface area contributed by atoms with Crippen LogP contribution in [-0.4, -0.2) is 62.0 Å². The smallest absolute Gasteiger partial charge is 0.309 e. The maximum absolute atomic E-state index is 11.6. The number of morpholine rings is 1. The van der Waals surface area contributed by atoms with Gasteiger partial charge in [-0.25, -0.2) is 0 Å². The minimum absolute atomic E-state index is 0.0427. The van der Waals surface area contributed by atoms with Gasteiger partial charge in [0.2, 0.25) is 0 Å². The molecule has 0 aliphatic carbocycles. The average molecular weight is 259 g/mol. The molecule has 1 aliphatic rings. The van der Waals surface area contributed by atoms with Crippen LogP contribution in [0.3, 0.4) is 0 Å². The van der Waals surface area contributed by atoms with Crippen LogP contribution < -0.4 is 0 Å². The summed E-state index contributed by atoms with van der Waals surface area (Å²) in [6.07, 6.45) is 2.25. The van der Waals surface area contributed by atoms with Crippen molar-refractivity contribution in [2.45, 2.75) is 26.2 Å². The normalized spacial score (nSPS) is 18.6. The molecule has 106 valence electrons. The lowest BCUT2D eigenvalue weighted by atomic mass is 10.00. The van der Waals surface area contributed by atoms with Crippen molar-refractivity contribution >= 4 is 5.97 Å². The maximum atomic E-state index is 11.6. The van der Waals surface area contributed by atoms with Gasteiger partial charge in [-0.15, -0.1) is 0 Å². The van der Waals surface area contributed by atoms with Crippen molar-refractivity contribution in [3.63, 3.8) is 0 Å². The third-order valence-electron chi connectivity index (χ3n) is 3.23. The van der Waals surface area contributed by atoms with Gasteiger partial charge < -0.3 is 14.6 Å². The van der Waals surface area contributed by atoms with Crippen LogP contribution in [0.1, 0.15) is 26.2 Å². The molecule has 18 heavy (non-hydrogen) atoms. The molecule has 0 radical (unpaired) electrons. The highest BCUT2D eigenvalue weighted by molar-refractivity contribution is 5.72. The summed E-state index contributed by atoms with van der Waals surface area (Å²) in [5.41, 5.74) is 0. The zero-order chi connectivity index (χ0) is 13.2. The number of carbonyl (C=O) groups is 1. The standard InChI is InChI=1S/C13H25NO4/c1-2-18-13(16)12(5-9-15)4-3-6-14-7-10-17-11-8-14/h12,15H,2-11H2,1H3/t12-/m1/s1. The van der Waals surface area contributed by atoms with Crippen LogP contribution in [0.2, 0.25) is 0 Å². The van der Waals surface area contributed by atoms with Gasteiger partial charge in [0.05, 0.1) is 25.7 Å². The van der Waals surface area contributed by atoms with Gasteiger partial charge in [-0.1, -0.05) is 0 Å². The van der Waals surface area contributed by atoms with Crippen LogP contribution in [0.25, 0.3) is 0 Å². The van der Waals surface area contributed by atoms with Crippen molar-refractivity contribution in [3.8, 4) is 0 Å². The molecule has 1 fully saturated rings. The molecule has 1 aliphatic heterocycles. The summed E-state index contributed by atoms with van der Waals surface area (Å²) in [5.74, 6) is -0.329. The Bertz CT molecular complexity index is 229. The Hall–Kier alpha value is -0.650. The molecule has 5 nitrogen and oxygen atoms in total. The molecule has 0 aromatic heterocycles. The zero-order valence-corrected chi connectivity index (χ0v) is 11.3. The molecule has 0 amide bonds. The number of hydrogen-bond donors (Lipinski definition) is 1. The third-order valence-corrected chi connectivity index (χ3v) is 3.23. The number of ether oxygens (including phenoxy) is 2. The molecule has 1 heterocycles. The molecular weight excluding hydrogens is 234 g/mol. The zero-order valence-electron chi connectivity index (χ0n) is 11.3. The topological polar surface area (TPSA) is 59.0 Å². The van der Waals surface area contributed by atoms with Gasteiger partial charge in [-0.3, -0.25) is 9.69 Å². The summed E-state index contributed by atoms with van der Waals surface area (Å²) in [7, 11) is 0. The quantitative estimate of drug-likeness (QED) is 0.649. The highest BCUT2D eigenvalue weighted by Crippen LogP contribution is 2.14. The molecule has 0 bridgehead atoms. The third kappa shape index (κ3) is 5.80. The Labute approximate surface area is 109 Å². The summed E-state index contributed by atoms with van der Waals surface area (Å²) in [6, 6.07) is 0. The second-order valence-corrected chi connectivity index (χ2v) is 4.56. The van der Waals surface area contributed by atoms with Crippen molar-refractivity contribution in [1.82, 2.24) is 4.90 Å². The lowest BCUT2D eigenvalue weighted by Crippen LogP contribution is -2.37. The minimum Gasteiger partial charge on any atom is -0.466 e. The molecule has 1 atom stereocenters. The molecule has 1 N–H and O–H groups in total. The molecule has 0 aromatic rings. The number of esters is 1. The fraction of sp³-hybridized carbons (Fsp3) is 0.923. The molecule has 0 aromatic carbocycles. The van der Waals surface area contributed by atoms with E-state index in [0.717, 1.165) is 45.7 Å². The number of hydrogen-bond acceptors (Lipinski definition) is 5. The minimum atomic E-state index is -0.173. The van der Waals surface area contributed by atoms with E-state index in [1.807, 2.05) is 6.92 Å². The molecule has 0 spiro atoms. The Morgan fingerprint density at radius 2 is 2.11 bits per heavy atom. The van der Waals surface area contributed by atoms with E-state index < -0.39 is 0 Å². The van der Waals surface area contributed by atoms with E-state index in [2.05, 4.69) is 4.90 Å². The number of aliphatic hydroxyl groups excluding tert-OH is 1.